The van der Waals surface area contributed by atoms with E-state index >= 15 is 0 Å². The molecule has 45 heavy (non-hydrogen) atoms. The zero-order valence-electron chi connectivity index (χ0n) is 23.6. The summed E-state index contributed by atoms with van der Waals surface area (Å²) >= 11 is 17.7. The third-order valence-corrected chi connectivity index (χ3v) is 9.19. The average molecular weight is 734 g/mol. The molecule has 1 fully saturated rings. The van der Waals surface area contributed by atoms with E-state index < -0.39 is 94.1 Å². The molecule has 0 N–H and O–H groups in total. The van der Waals surface area contributed by atoms with Gasteiger partial charge in [-0.3, -0.25) is 34.7 Å². The van der Waals surface area contributed by atoms with E-state index in [-0.39, 0.29) is 21.3 Å². The molecule has 0 unspecified atom stereocenters. The summed E-state index contributed by atoms with van der Waals surface area (Å²) in [7, 11) is -5.43. The van der Waals surface area contributed by atoms with Crippen molar-refractivity contribution >= 4 is 91.9 Å². The fraction of sp³-hybridized carbons (Fsp3) is 0.478. The van der Waals surface area contributed by atoms with Gasteiger partial charge in [-0.05, 0) is 26.8 Å². The smallest absolute Gasteiger partial charge is 0.424 e. The summed E-state index contributed by atoms with van der Waals surface area (Å²) in [5, 5.41) is 21.6. The highest BCUT2D eigenvalue weighted by Gasteiger charge is 2.61. The van der Waals surface area contributed by atoms with E-state index in [1.165, 1.54) is 0 Å². The van der Waals surface area contributed by atoms with E-state index in [2.05, 4.69) is 0 Å². The summed E-state index contributed by atoms with van der Waals surface area (Å²) in [4.78, 5) is 72.0. The van der Waals surface area contributed by atoms with Gasteiger partial charge < -0.3 is 14.2 Å². The number of carbonyl (C=O) groups excluding carboxylic acids is 4. The number of nitrogens with zero attached hydrogens (tertiary/aromatic N) is 4. The second-order valence-electron chi connectivity index (χ2n) is 10.2. The minimum absolute atomic E-state index is 0.113. The predicted octanol–water partition coefficient (Wildman–Crippen LogP) is 3.44. The number of nitro groups is 2. The van der Waals surface area contributed by atoms with Crippen LogP contribution in [0.25, 0.3) is 0 Å². The summed E-state index contributed by atoms with van der Waals surface area (Å²) in [6, 6.07) is -0.476. The molecule has 2 heterocycles. The molecule has 17 nitrogen and oxygen atoms in total. The molecule has 0 aliphatic carbocycles. The van der Waals surface area contributed by atoms with Gasteiger partial charge in [-0.25, -0.2) is 18.0 Å². The van der Waals surface area contributed by atoms with Crippen molar-refractivity contribution in [1.29, 1.82) is 0 Å². The Balaban J connectivity index is 2.16. The number of esters is 2. The first kappa shape index (κ1) is 36.1. The molecule has 2 atom stereocenters. The van der Waals surface area contributed by atoms with Gasteiger partial charge in [0, 0.05) is 24.3 Å². The van der Waals surface area contributed by atoms with Crippen LogP contribution in [0.15, 0.2) is 34.4 Å². The molecule has 0 radical (unpaired) electrons. The van der Waals surface area contributed by atoms with E-state index in [0.717, 1.165) is 23.6 Å². The second kappa shape index (κ2) is 13.1. The van der Waals surface area contributed by atoms with Gasteiger partial charge in [0.1, 0.15) is 29.9 Å². The maximum Gasteiger partial charge on any atom is 0.424 e. The van der Waals surface area contributed by atoms with Gasteiger partial charge in [0.25, 0.3) is 27.3 Å². The molecule has 1 saturated heterocycles. The lowest BCUT2D eigenvalue weighted by Crippen LogP contribution is -2.72. The monoisotopic (exact) mass is 732 g/mol. The number of rotatable bonds is 9. The number of halogens is 3. The lowest BCUT2D eigenvalue weighted by atomic mass is 10.0. The minimum atomic E-state index is -5.43. The Morgan fingerprint density at radius 2 is 1.73 bits per heavy atom. The molecule has 0 spiro atoms. The fourth-order valence-electron chi connectivity index (χ4n) is 4.02. The normalized spacial score (nSPS) is 18.4. The quantitative estimate of drug-likeness (QED) is 0.0886. The molecule has 0 bridgehead atoms. The van der Waals surface area contributed by atoms with Gasteiger partial charge >= 0.3 is 18.0 Å². The van der Waals surface area contributed by atoms with E-state index in [1.54, 1.807) is 20.8 Å². The molecule has 0 saturated carbocycles. The van der Waals surface area contributed by atoms with Crippen molar-refractivity contribution in [1.82, 2.24) is 9.21 Å². The standard InChI is InChI=1S/C23H23Cl3N4O13S2/c1-11(31)41-8-12-9-44-19-17(18(32)27(19)16(12)20(33)43-22(2,3)4)28(21(34)42-10-23(24,25)26)45(39,40)15-6-5-13(29(35)36)7-14(15)30(37)38/h5-7,17,19H,8-10H2,1-4H3/t17-,19+/m0/s1. The maximum atomic E-state index is 13.9. The zero-order chi connectivity index (χ0) is 34.2. The van der Waals surface area contributed by atoms with Crippen molar-refractivity contribution in [2.75, 3.05) is 19.0 Å². The molecule has 2 aliphatic heterocycles. The number of non-ortho nitro benzene ring substituents is 1. The van der Waals surface area contributed by atoms with Gasteiger partial charge in [-0.15, -0.1) is 11.8 Å². The topological polar surface area (TPSA) is 223 Å². The average Bonchev–Trinajstić information content (AvgIpc) is 2.90. The number of amides is 2. The minimum Gasteiger partial charge on any atom is -0.461 e. The first-order valence-electron chi connectivity index (χ1n) is 12.3. The van der Waals surface area contributed by atoms with E-state index in [9.17, 15) is 47.8 Å². The van der Waals surface area contributed by atoms with E-state index in [0.29, 0.717) is 18.2 Å². The van der Waals surface area contributed by atoms with Crippen LogP contribution in [-0.4, -0.2) is 91.2 Å². The summed E-state index contributed by atoms with van der Waals surface area (Å²) in [5.74, 6) is -3.03. The third-order valence-electron chi connectivity index (χ3n) is 5.74. The number of alkyl halides is 3. The number of ether oxygens (including phenoxy) is 3. The predicted molar refractivity (Wildman–Crippen MR) is 157 cm³/mol. The number of nitro benzene ring substituents is 2. The number of hydrogen-bond donors (Lipinski definition) is 0. The molecule has 1 aromatic carbocycles. The molecular weight excluding hydrogens is 711 g/mol. The molecule has 2 aliphatic rings. The molecule has 3 rings (SSSR count). The maximum absolute atomic E-state index is 13.9. The molecule has 246 valence electrons. The highest BCUT2D eigenvalue weighted by atomic mass is 35.6. The van der Waals surface area contributed by atoms with Crippen LogP contribution in [0.1, 0.15) is 27.7 Å². The SMILES string of the molecule is CC(=O)OCC1=C(C(=O)OC(C)(C)C)N2C(=O)[C@H](N(C(=O)OCC(Cl)(Cl)Cl)S(=O)(=O)c3ccc([N+](=O)[O-])cc3[N+](=O)[O-])[C@H]2SC1. The fourth-order valence-corrected chi connectivity index (χ4v) is 7.23. The van der Waals surface area contributed by atoms with Crippen molar-refractivity contribution in [2.24, 2.45) is 0 Å². The van der Waals surface area contributed by atoms with Crippen LogP contribution in [0, 0.1) is 20.2 Å². The van der Waals surface area contributed by atoms with Gasteiger partial charge in [0.05, 0.1) is 15.9 Å². The summed E-state index contributed by atoms with van der Waals surface area (Å²) in [6.45, 7) is 4.28. The van der Waals surface area contributed by atoms with Gasteiger partial charge in [0.2, 0.25) is 3.79 Å². The van der Waals surface area contributed by atoms with Crippen LogP contribution < -0.4 is 0 Å². The van der Waals surface area contributed by atoms with Crippen molar-refractivity contribution in [3.05, 3.63) is 49.7 Å². The lowest BCUT2D eigenvalue weighted by molar-refractivity contribution is -0.396. The van der Waals surface area contributed by atoms with Crippen molar-refractivity contribution in [3.63, 3.8) is 0 Å². The first-order valence-corrected chi connectivity index (χ1v) is 15.9. The Labute approximate surface area is 274 Å². The molecule has 1 aromatic rings. The Hall–Kier alpha value is -3.39. The van der Waals surface area contributed by atoms with E-state index in [4.69, 9.17) is 49.0 Å². The Kier molecular flexibility index (Phi) is 10.5. The summed E-state index contributed by atoms with van der Waals surface area (Å²) in [6.07, 6.45) is -1.79. The van der Waals surface area contributed by atoms with Crippen LogP contribution in [0.5, 0.6) is 0 Å². The lowest BCUT2D eigenvalue weighted by Gasteiger charge is -2.52. The van der Waals surface area contributed by atoms with Crippen LogP contribution in [0.2, 0.25) is 0 Å². The number of carbonyl (C=O) groups is 4. The highest BCUT2D eigenvalue weighted by molar-refractivity contribution is 8.00. The number of thioether (sulfide) groups is 1. The molecule has 22 heteroatoms. The second-order valence-corrected chi connectivity index (χ2v) is 15.6. The Morgan fingerprint density at radius 3 is 2.24 bits per heavy atom. The van der Waals surface area contributed by atoms with Gasteiger partial charge in [-0.2, -0.15) is 4.31 Å². The number of fused-ring (bicyclic) bond motifs is 1. The molecule has 0 aromatic heterocycles. The van der Waals surface area contributed by atoms with Crippen molar-refractivity contribution in [2.45, 2.75) is 53.4 Å². The van der Waals surface area contributed by atoms with Crippen LogP contribution in [-0.2, 0) is 38.6 Å². The largest absolute Gasteiger partial charge is 0.461 e. The first-order chi connectivity index (χ1) is 20.6. The van der Waals surface area contributed by atoms with Gasteiger partial charge in [0.15, 0.2) is 10.9 Å². The van der Waals surface area contributed by atoms with Crippen LogP contribution in [0.4, 0.5) is 16.2 Å². The summed E-state index contributed by atoms with van der Waals surface area (Å²) in [5.41, 5.74) is -3.43. The number of hydrogen-bond acceptors (Lipinski definition) is 14. The highest BCUT2D eigenvalue weighted by Crippen LogP contribution is 2.45. The number of β-lactam (4-membered cyclic amide) rings is 1. The Bertz CT molecular complexity index is 1610. The molecular formula is C23H23Cl3N4O13S2. The van der Waals surface area contributed by atoms with Crippen LogP contribution in [0.3, 0.4) is 0 Å². The van der Waals surface area contributed by atoms with Crippen molar-refractivity contribution in [3.8, 4) is 0 Å². The van der Waals surface area contributed by atoms with Gasteiger partial charge in [-0.1, -0.05) is 34.8 Å². The molecule has 2 amide bonds. The number of benzene rings is 1. The van der Waals surface area contributed by atoms with Crippen molar-refractivity contribution < 1.29 is 51.7 Å². The Morgan fingerprint density at radius 1 is 1.11 bits per heavy atom. The number of sulfonamides is 1. The zero-order valence-corrected chi connectivity index (χ0v) is 27.5. The third kappa shape index (κ3) is 8.07. The van der Waals surface area contributed by atoms with Crippen LogP contribution >= 0.6 is 46.6 Å². The summed E-state index contributed by atoms with van der Waals surface area (Å²) < 4.78 is 40.7. The van der Waals surface area contributed by atoms with E-state index in [1.807, 2.05) is 0 Å².